The second kappa shape index (κ2) is 9.08. The zero-order valence-corrected chi connectivity index (χ0v) is 17.8. The first kappa shape index (κ1) is 20.8. The molecule has 0 fully saturated rings. The van der Waals surface area contributed by atoms with Gasteiger partial charge >= 0.3 is 5.97 Å². The Morgan fingerprint density at radius 1 is 1.07 bits per heavy atom. The van der Waals surface area contributed by atoms with Crippen molar-refractivity contribution >= 4 is 5.97 Å². The van der Waals surface area contributed by atoms with Crippen LogP contribution in [-0.2, 0) is 17.7 Å². The smallest absolute Gasteiger partial charge is 0.339 e. The average molecular weight is 391 g/mol. The summed E-state index contributed by atoms with van der Waals surface area (Å²) in [6.07, 6.45) is 7.26. The number of hydrogen-bond acceptors (Lipinski definition) is 3. The number of aromatic nitrogens is 2. The molecule has 152 valence electrons. The maximum Gasteiger partial charge on any atom is 0.339 e. The lowest BCUT2D eigenvalue weighted by atomic mass is 9.98. The second-order valence-corrected chi connectivity index (χ2v) is 8.36. The molecule has 0 saturated heterocycles. The molecule has 0 aliphatic rings. The Morgan fingerprint density at radius 2 is 1.79 bits per heavy atom. The molecule has 4 nitrogen and oxygen atoms in total. The normalized spacial score (nSPS) is 11.4. The van der Waals surface area contributed by atoms with Gasteiger partial charge in [-0.15, -0.1) is 0 Å². The first-order valence-corrected chi connectivity index (χ1v) is 10.3. The van der Waals surface area contributed by atoms with Crippen molar-refractivity contribution in [1.82, 2.24) is 9.55 Å². The highest BCUT2D eigenvalue weighted by molar-refractivity contribution is 5.97. The number of unbranched alkanes of at least 4 members (excludes halogenated alkanes) is 1. The predicted octanol–water partition coefficient (Wildman–Crippen LogP) is 5.90. The Morgan fingerprint density at radius 3 is 2.48 bits per heavy atom. The van der Waals surface area contributed by atoms with Gasteiger partial charge in [0, 0.05) is 18.4 Å². The van der Waals surface area contributed by atoms with Crippen LogP contribution in [0.2, 0.25) is 0 Å². The van der Waals surface area contributed by atoms with E-state index in [9.17, 15) is 4.79 Å². The van der Waals surface area contributed by atoms with E-state index in [1.807, 2.05) is 57.6 Å². The summed E-state index contributed by atoms with van der Waals surface area (Å²) in [6, 6.07) is 16.0. The predicted molar refractivity (Wildman–Crippen MR) is 117 cm³/mol. The second-order valence-electron chi connectivity index (χ2n) is 8.36. The molecule has 0 radical (unpaired) electrons. The number of rotatable bonds is 7. The van der Waals surface area contributed by atoms with Gasteiger partial charge in [-0.1, -0.05) is 55.8 Å². The molecule has 0 amide bonds. The molecule has 0 bridgehead atoms. The van der Waals surface area contributed by atoms with Crippen LogP contribution >= 0.6 is 0 Å². The highest BCUT2D eigenvalue weighted by Crippen LogP contribution is 2.26. The van der Waals surface area contributed by atoms with Crippen molar-refractivity contribution in [2.75, 3.05) is 0 Å². The number of hydrogen-bond donors (Lipinski definition) is 0. The lowest BCUT2D eigenvalue weighted by Gasteiger charge is -2.20. The number of esters is 1. The summed E-state index contributed by atoms with van der Waals surface area (Å²) in [4.78, 5) is 16.9. The zero-order valence-electron chi connectivity index (χ0n) is 17.8. The van der Waals surface area contributed by atoms with Crippen molar-refractivity contribution in [3.05, 3.63) is 77.9 Å². The number of aryl methyl sites for hydroxylation is 1. The summed E-state index contributed by atoms with van der Waals surface area (Å²) < 4.78 is 7.78. The van der Waals surface area contributed by atoms with Gasteiger partial charge in [-0.2, -0.15) is 0 Å². The number of imidazole rings is 1. The van der Waals surface area contributed by atoms with E-state index in [0.29, 0.717) is 5.56 Å². The van der Waals surface area contributed by atoms with E-state index in [4.69, 9.17) is 4.74 Å². The Kier molecular flexibility index (Phi) is 6.53. The minimum Gasteiger partial charge on any atom is -0.456 e. The molecule has 3 rings (SSSR count). The SMILES string of the molecule is CCCCc1cncn1Cc1ccc(-c2ccccc2C(=O)OC(C)(C)C)cc1. The minimum absolute atomic E-state index is 0.295. The van der Waals surface area contributed by atoms with Crippen LogP contribution in [0.3, 0.4) is 0 Å². The molecule has 29 heavy (non-hydrogen) atoms. The van der Waals surface area contributed by atoms with Gasteiger partial charge in [0.15, 0.2) is 0 Å². The van der Waals surface area contributed by atoms with Crippen LogP contribution in [0.25, 0.3) is 11.1 Å². The van der Waals surface area contributed by atoms with E-state index in [-0.39, 0.29) is 5.97 Å². The van der Waals surface area contributed by atoms with Crippen molar-refractivity contribution in [2.45, 2.75) is 59.1 Å². The third-order valence-electron chi connectivity index (χ3n) is 4.75. The zero-order chi connectivity index (χ0) is 20.9. The number of carbonyl (C=O) groups is 1. The molecule has 0 aliphatic heterocycles. The fourth-order valence-electron chi connectivity index (χ4n) is 3.29. The monoisotopic (exact) mass is 390 g/mol. The molecule has 2 aromatic carbocycles. The van der Waals surface area contributed by atoms with Gasteiger partial charge in [0.05, 0.1) is 11.9 Å². The van der Waals surface area contributed by atoms with Crippen LogP contribution in [-0.4, -0.2) is 21.1 Å². The Hall–Kier alpha value is -2.88. The Bertz CT molecular complexity index is 949. The van der Waals surface area contributed by atoms with Gasteiger partial charge in [0.25, 0.3) is 0 Å². The van der Waals surface area contributed by atoms with E-state index < -0.39 is 5.60 Å². The molecule has 4 heteroatoms. The number of benzene rings is 2. The summed E-state index contributed by atoms with van der Waals surface area (Å²) in [7, 11) is 0. The van der Waals surface area contributed by atoms with Crippen LogP contribution in [0.1, 0.15) is 62.2 Å². The van der Waals surface area contributed by atoms with E-state index >= 15 is 0 Å². The maximum absolute atomic E-state index is 12.6. The maximum atomic E-state index is 12.6. The molecule has 1 heterocycles. The van der Waals surface area contributed by atoms with Crippen LogP contribution in [0.5, 0.6) is 0 Å². The number of nitrogens with zero attached hydrogens (tertiary/aromatic N) is 2. The molecule has 0 saturated carbocycles. The summed E-state index contributed by atoms with van der Waals surface area (Å²) in [5.41, 5.74) is 4.44. The molecule has 1 aromatic heterocycles. The number of carbonyl (C=O) groups excluding carboxylic acids is 1. The third-order valence-corrected chi connectivity index (χ3v) is 4.75. The molecule has 3 aromatic rings. The summed E-state index contributed by atoms with van der Waals surface area (Å²) in [5.74, 6) is -0.295. The van der Waals surface area contributed by atoms with Crippen molar-refractivity contribution < 1.29 is 9.53 Å². The van der Waals surface area contributed by atoms with E-state index in [1.54, 1.807) is 0 Å². The standard InChI is InChI=1S/C25H30N2O2/c1-5-6-9-21-16-26-18-27(21)17-19-12-14-20(15-13-19)22-10-7-8-11-23(22)24(28)29-25(2,3)4/h7-8,10-16,18H,5-6,9,17H2,1-4H3. The van der Waals surface area contributed by atoms with Crippen molar-refractivity contribution in [1.29, 1.82) is 0 Å². The molecule has 0 unspecified atom stereocenters. The molecular formula is C25H30N2O2. The van der Waals surface area contributed by atoms with Gasteiger partial charge in [0.2, 0.25) is 0 Å². The lowest BCUT2D eigenvalue weighted by Crippen LogP contribution is -2.24. The topological polar surface area (TPSA) is 44.1 Å². The van der Waals surface area contributed by atoms with Crippen LogP contribution < -0.4 is 0 Å². The largest absolute Gasteiger partial charge is 0.456 e. The van der Waals surface area contributed by atoms with Crippen LogP contribution in [0.15, 0.2) is 61.1 Å². The van der Waals surface area contributed by atoms with E-state index in [0.717, 1.165) is 24.1 Å². The quantitative estimate of drug-likeness (QED) is 0.472. The summed E-state index contributed by atoms with van der Waals surface area (Å²) in [6.45, 7) is 8.65. The molecule has 0 atom stereocenters. The van der Waals surface area contributed by atoms with Crippen molar-refractivity contribution in [2.24, 2.45) is 0 Å². The minimum atomic E-state index is -0.520. The molecule has 0 N–H and O–H groups in total. The van der Waals surface area contributed by atoms with Gasteiger partial charge < -0.3 is 9.30 Å². The highest BCUT2D eigenvalue weighted by atomic mass is 16.6. The molecule has 0 spiro atoms. The molecule has 0 aliphatic carbocycles. The van der Waals surface area contributed by atoms with Gasteiger partial charge in [0.1, 0.15) is 5.60 Å². The van der Waals surface area contributed by atoms with Gasteiger partial charge in [-0.25, -0.2) is 9.78 Å². The third kappa shape index (κ3) is 5.57. The van der Waals surface area contributed by atoms with Crippen LogP contribution in [0, 0.1) is 0 Å². The van der Waals surface area contributed by atoms with E-state index in [2.05, 4.69) is 40.7 Å². The Balaban J connectivity index is 1.79. The van der Waals surface area contributed by atoms with Gasteiger partial charge in [-0.05, 0) is 56.4 Å². The van der Waals surface area contributed by atoms with Gasteiger partial charge in [-0.3, -0.25) is 0 Å². The highest BCUT2D eigenvalue weighted by Gasteiger charge is 2.20. The number of ether oxygens (including phenoxy) is 1. The van der Waals surface area contributed by atoms with E-state index in [1.165, 1.54) is 24.1 Å². The van der Waals surface area contributed by atoms with Crippen LogP contribution in [0.4, 0.5) is 0 Å². The lowest BCUT2D eigenvalue weighted by molar-refractivity contribution is 0.00704. The van der Waals surface area contributed by atoms with Crippen molar-refractivity contribution in [3.63, 3.8) is 0 Å². The fourth-order valence-corrected chi connectivity index (χ4v) is 3.29. The summed E-state index contributed by atoms with van der Waals surface area (Å²) in [5, 5.41) is 0. The molecular weight excluding hydrogens is 360 g/mol. The van der Waals surface area contributed by atoms with Crippen molar-refractivity contribution in [3.8, 4) is 11.1 Å². The first-order chi connectivity index (χ1) is 13.9. The fraction of sp³-hybridized carbons (Fsp3) is 0.360. The first-order valence-electron chi connectivity index (χ1n) is 10.3. The summed E-state index contributed by atoms with van der Waals surface area (Å²) >= 11 is 0. The Labute approximate surface area is 173 Å². The average Bonchev–Trinajstić information content (AvgIpc) is 3.12.